The van der Waals surface area contributed by atoms with Crippen molar-refractivity contribution in [1.29, 1.82) is 0 Å². The summed E-state index contributed by atoms with van der Waals surface area (Å²) < 4.78 is 0. The molecular weight excluding hydrogens is 250 g/mol. The van der Waals surface area contributed by atoms with Gasteiger partial charge in [-0.25, -0.2) is 0 Å². The Bertz CT molecular complexity index is 502. The maximum atomic E-state index is 12.7. The summed E-state index contributed by atoms with van der Waals surface area (Å²) in [6, 6.07) is 7.95. The van der Waals surface area contributed by atoms with Crippen LogP contribution in [0.4, 0.5) is 0 Å². The number of nitrogens with two attached hydrogens (primary N) is 1. The Morgan fingerprint density at radius 3 is 2.50 bits per heavy atom. The van der Waals surface area contributed by atoms with E-state index in [1.165, 1.54) is 0 Å². The molecule has 0 radical (unpaired) electrons. The Kier molecular flexibility index (Phi) is 3.52. The number of amides is 1. The highest BCUT2D eigenvalue weighted by Gasteiger charge is 2.39. The summed E-state index contributed by atoms with van der Waals surface area (Å²) in [6.45, 7) is 3.54. The van der Waals surface area contributed by atoms with Crippen molar-refractivity contribution in [3.05, 3.63) is 35.4 Å². The molecule has 4 heteroatoms. The third kappa shape index (κ3) is 2.86. The zero-order valence-electron chi connectivity index (χ0n) is 12.1. The van der Waals surface area contributed by atoms with Gasteiger partial charge >= 0.3 is 0 Å². The first-order valence-electron chi connectivity index (χ1n) is 7.42. The van der Waals surface area contributed by atoms with Gasteiger partial charge in [-0.3, -0.25) is 4.79 Å². The van der Waals surface area contributed by atoms with Crippen LogP contribution in [0.15, 0.2) is 24.3 Å². The monoisotopic (exact) mass is 273 g/mol. The first-order valence-corrected chi connectivity index (χ1v) is 7.42. The standard InChI is InChI=1S/C16H23N3O/c1-18-8-10-19(11-9-18)15(20)14-5-3-2-4-13(14)12-16(17)6-7-16/h2-5H,6-12,17H2,1H3. The van der Waals surface area contributed by atoms with Crippen molar-refractivity contribution in [1.82, 2.24) is 9.80 Å². The fourth-order valence-electron chi connectivity index (χ4n) is 2.78. The molecule has 2 fully saturated rings. The molecule has 0 atom stereocenters. The van der Waals surface area contributed by atoms with Gasteiger partial charge < -0.3 is 15.5 Å². The quantitative estimate of drug-likeness (QED) is 0.897. The highest BCUT2D eigenvalue weighted by molar-refractivity contribution is 5.95. The van der Waals surface area contributed by atoms with Gasteiger partial charge in [0, 0.05) is 37.3 Å². The van der Waals surface area contributed by atoms with E-state index in [0.717, 1.165) is 56.6 Å². The minimum Gasteiger partial charge on any atom is -0.336 e. The predicted molar refractivity (Wildman–Crippen MR) is 79.7 cm³/mol. The summed E-state index contributed by atoms with van der Waals surface area (Å²) in [5.74, 6) is 0.165. The summed E-state index contributed by atoms with van der Waals surface area (Å²) in [5, 5.41) is 0. The normalized spacial score (nSPS) is 21.8. The van der Waals surface area contributed by atoms with E-state index in [0.29, 0.717) is 0 Å². The number of hydrogen-bond acceptors (Lipinski definition) is 3. The largest absolute Gasteiger partial charge is 0.336 e. The van der Waals surface area contributed by atoms with Crippen molar-refractivity contribution < 1.29 is 4.79 Å². The van der Waals surface area contributed by atoms with Gasteiger partial charge in [0.05, 0.1) is 0 Å². The lowest BCUT2D eigenvalue weighted by Gasteiger charge is -2.33. The number of hydrogen-bond donors (Lipinski definition) is 1. The van der Waals surface area contributed by atoms with E-state index >= 15 is 0 Å². The molecule has 1 saturated carbocycles. The number of likely N-dealkylation sites (N-methyl/N-ethyl adjacent to an activating group) is 1. The molecule has 20 heavy (non-hydrogen) atoms. The van der Waals surface area contributed by atoms with E-state index in [4.69, 9.17) is 5.73 Å². The van der Waals surface area contributed by atoms with Gasteiger partial charge in [-0.15, -0.1) is 0 Å². The third-order valence-corrected chi connectivity index (χ3v) is 4.47. The Morgan fingerprint density at radius 1 is 1.20 bits per heavy atom. The molecule has 0 spiro atoms. The van der Waals surface area contributed by atoms with Crippen LogP contribution < -0.4 is 5.73 Å². The van der Waals surface area contributed by atoms with Crippen molar-refractivity contribution in [2.24, 2.45) is 5.73 Å². The van der Waals surface area contributed by atoms with Crippen LogP contribution in [-0.4, -0.2) is 54.5 Å². The van der Waals surface area contributed by atoms with Crippen LogP contribution in [0.5, 0.6) is 0 Å². The zero-order chi connectivity index (χ0) is 14.2. The second-order valence-corrected chi connectivity index (χ2v) is 6.29. The molecule has 0 aromatic heterocycles. The fourth-order valence-corrected chi connectivity index (χ4v) is 2.78. The van der Waals surface area contributed by atoms with Crippen LogP contribution in [0, 0.1) is 0 Å². The lowest BCUT2D eigenvalue weighted by atomic mass is 9.98. The SMILES string of the molecule is CN1CCN(C(=O)c2ccccc2CC2(N)CC2)CC1. The van der Waals surface area contributed by atoms with Crippen LogP contribution in [-0.2, 0) is 6.42 Å². The zero-order valence-corrected chi connectivity index (χ0v) is 12.1. The molecule has 1 saturated heterocycles. The lowest BCUT2D eigenvalue weighted by molar-refractivity contribution is 0.0663. The van der Waals surface area contributed by atoms with E-state index < -0.39 is 0 Å². The van der Waals surface area contributed by atoms with Gasteiger partial charge in [-0.05, 0) is 37.9 Å². The van der Waals surface area contributed by atoms with Crippen LogP contribution in [0.25, 0.3) is 0 Å². The predicted octanol–water partition coefficient (Wildman–Crippen LogP) is 1.11. The molecule has 0 unspecified atom stereocenters. The van der Waals surface area contributed by atoms with Crippen LogP contribution in [0.2, 0.25) is 0 Å². The van der Waals surface area contributed by atoms with Crippen molar-refractivity contribution in [3.63, 3.8) is 0 Å². The second kappa shape index (κ2) is 5.19. The maximum absolute atomic E-state index is 12.7. The topological polar surface area (TPSA) is 49.6 Å². The third-order valence-electron chi connectivity index (χ3n) is 4.47. The Morgan fingerprint density at radius 2 is 1.85 bits per heavy atom. The summed E-state index contributed by atoms with van der Waals surface area (Å²) >= 11 is 0. The molecule has 4 nitrogen and oxygen atoms in total. The Hall–Kier alpha value is -1.39. The van der Waals surface area contributed by atoms with E-state index in [1.54, 1.807) is 0 Å². The minimum atomic E-state index is -0.0570. The smallest absolute Gasteiger partial charge is 0.254 e. The molecule has 1 heterocycles. The molecular formula is C16H23N3O. The number of nitrogens with zero attached hydrogens (tertiary/aromatic N) is 2. The molecule has 108 valence electrons. The van der Waals surface area contributed by atoms with E-state index in [-0.39, 0.29) is 11.4 Å². The number of rotatable bonds is 3. The first kappa shape index (κ1) is 13.6. The summed E-state index contributed by atoms with van der Waals surface area (Å²) in [4.78, 5) is 16.9. The molecule has 3 rings (SSSR count). The number of carbonyl (C=O) groups excluding carboxylic acids is 1. The van der Waals surface area contributed by atoms with E-state index in [9.17, 15) is 4.79 Å². The van der Waals surface area contributed by atoms with Gasteiger partial charge in [-0.1, -0.05) is 18.2 Å². The molecule has 0 bridgehead atoms. The van der Waals surface area contributed by atoms with E-state index in [2.05, 4.69) is 18.0 Å². The molecule has 1 aliphatic carbocycles. The molecule has 1 amide bonds. The second-order valence-electron chi connectivity index (χ2n) is 6.29. The van der Waals surface area contributed by atoms with Crippen molar-refractivity contribution in [2.45, 2.75) is 24.8 Å². The molecule has 1 aromatic rings. The highest BCUT2D eigenvalue weighted by atomic mass is 16.2. The molecule has 1 aliphatic heterocycles. The van der Waals surface area contributed by atoms with Gasteiger partial charge in [0.25, 0.3) is 5.91 Å². The number of benzene rings is 1. The van der Waals surface area contributed by atoms with Crippen LogP contribution >= 0.6 is 0 Å². The van der Waals surface area contributed by atoms with Crippen LogP contribution in [0.1, 0.15) is 28.8 Å². The summed E-state index contributed by atoms with van der Waals surface area (Å²) in [5.41, 5.74) is 8.10. The molecule has 2 N–H and O–H groups in total. The lowest BCUT2D eigenvalue weighted by Crippen LogP contribution is -2.47. The van der Waals surface area contributed by atoms with Crippen LogP contribution in [0.3, 0.4) is 0 Å². The molecule has 2 aliphatic rings. The summed E-state index contributed by atoms with van der Waals surface area (Å²) in [7, 11) is 2.10. The van der Waals surface area contributed by atoms with Gasteiger partial charge in [0.15, 0.2) is 0 Å². The minimum absolute atomic E-state index is 0.0570. The van der Waals surface area contributed by atoms with Gasteiger partial charge in [-0.2, -0.15) is 0 Å². The number of carbonyl (C=O) groups is 1. The average molecular weight is 273 g/mol. The van der Waals surface area contributed by atoms with Crippen molar-refractivity contribution >= 4 is 5.91 Å². The average Bonchev–Trinajstić information content (AvgIpc) is 3.17. The Labute approximate surface area is 120 Å². The molecule has 1 aromatic carbocycles. The highest BCUT2D eigenvalue weighted by Crippen LogP contribution is 2.36. The Balaban J connectivity index is 1.77. The van der Waals surface area contributed by atoms with Gasteiger partial charge in [0.1, 0.15) is 0 Å². The number of piperazine rings is 1. The summed E-state index contributed by atoms with van der Waals surface area (Å²) in [6.07, 6.45) is 2.97. The maximum Gasteiger partial charge on any atom is 0.254 e. The van der Waals surface area contributed by atoms with E-state index in [1.807, 2.05) is 23.1 Å². The first-order chi connectivity index (χ1) is 9.57. The van der Waals surface area contributed by atoms with Gasteiger partial charge in [0.2, 0.25) is 0 Å². The fraction of sp³-hybridized carbons (Fsp3) is 0.562. The van der Waals surface area contributed by atoms with Crippen molar-refractivity contribution in [2.75, 3.05) is 33.2 Å². The van der Waals surface area contributed by atoms with Crippen molar-refractivity contribution in [3.8, 4) is 0 Å².